The van der Waals surface area contributed by atoms with Crippen molar-refractivity contribution in [3.63, 3.8) is 0 Å². The van der Waals surface area contributed by atoms with Crippen LogP contribution < -0.4 is 11.3 Å². The molecule has 2 rings (SSSR count). The fraction of sp³-hybridized carbons (Fsp3) is 0.333. The molecule has 0 aliphatic heterocycles. The lowest BCUT2D eigenvalue weighted by Crippen LogP contribution is -2.28. The van der Waals surface area contributed by atoms with Crippen molar-refractivity contribution in [1.82, 2.24) is 5.43 Å². The zero-order valence-corrected chi connectivity index (χ0v) is 11.5. The van der Waals surface area contributed by atoms with Crippen molar-refractivity contribution < 1.29 is 0 Å². The van der Waals surface area contributed by atoms with Crippen molar-refractivity contribution in [2.75, 3.05) is 0 Å². The van der Waals surface area contributed by atoms with E-state index in [9.17, 15) is 0 Å². The van der Waals surface area contributed by atoms with Gasteiger partial charge in [-0.2, -0.15) is 0 Å². The molecule has 0 saturated carbocycles. The third-order valence-electron chi connectivity index (χ3n) is 3.18. The van der Waals surface area contributed by atoms with Crippen LogP contribution in [0.5, 0.6) is 0 Å². The Labute approximate surface area is 113 Å². The van der Waals surface area contributed by atoms with Gasteiger partial charge in [-0.15, -0.1) is 11.3 Å². The van der Waals surface area contributed by atoms with Crippen LogP contribution in [0.25, 0.3) is 0 Å². The minimum Gasteiger partial charge on any atom is -0.271 e. The van der Waals surface area contributed by atoms with Crippen molar-refractivity contribution in [1.29, 1.82) is 0 Å². The number of rotatable bonds is 6. The van der Waals surface area contributed by atoms with Gasteiger partial charge in [-0.1, -0.05) is 35.9 Å². The highest BCUT2D eigenvalue weighted by Crippen LogP contribution is 2.20. The second kappa shape index (κ2) is 6.69. The van der Waals surface area contributed by atoms with Crippen molar-refractivity contribution in [2.45, 2.75) is 32.2 Å². The van der Waals surface area contributed by atoms with E-state index in [-0.39, 0.29) is 6.04 Å². The molecule has 1 unspecified atom stereocenters. The fourth-order valence-corrected chi connectivity index (χ4v) is 2.83. The van der Waals surface area contributed by atoms with Crippen LogP contribution >= 0.6 is 11.3 Å². The first-order valence-electron chi connectivity index (χ1n) is 6.34. The number of hydrogen-bond acceptors (Lipinski definition) is 3. The van der Waals surface area contributed by atoms with Gasteiger partial charge in [-0.05, 0) is 43.2 Å². The fourth-order valence-electron chi connectivity index (χ4n) is 2.08. The number of nitrogens with two attached hydrogens (primary N) is 1. The van der Waals surface area contributed by atoms with Gasteiger partial charge in [0.1, 0.15) is 0 Å². The quantitative estimate of drug-likeness (QED) is 0.615. The molecule has 96 valence electrons. The van der Waals surface area contributed by atoms with Gasteiger partial charge >= 0.3 is 0 Å². The SMILES string of the molecule is Cc1ccc(C(CCCc2cccs2)NN)cc1. The highest BCUT2D eigenvalue weighted by Gasteiger charge is 2.09. The van der Waals surface area contributed by atoms with E-state index in [0.717, 1.165) is 19.3 Å². The monoisotopic (exact) mass is 260 g/mol. The summed E-state index contributed by atoms with van der Waals surface area (Å²) in [7, 11) is 0. The molecule has 0 fully saturated rings. The third-order valence-corrected chi connectivity index (χ3v) is 4.11. The average molecular weight is 260 g/mol. The van der Waals surface area contributed by atoms with Crippen LogP contribution in [0, 0.1) is 6.92 Å². The van der Waals surface area contributed by atoms with E-state index < -0.39 is 0 Å². The van der Waals surface area contributed by atoms with Crippen molar-refractivity contribution in [3.05, 3.63) is 57.8 Å². The standard InChI is InChI=1S/C15H20N2S/c1-12-7-9-13(10-8-12)15(17-16)6-2-4-14-5-3-11-18-14/h3,5,7-11,15,17H,2,4,6,16H2,1H3. The van der Waals surface area contributed by atoms with Gasteiger partial charge in [-0.3, -0.25) is 11.3 Å². The average Bonchev–Trinajstić information content (AvgIpc) is 2.89. The molecule has 2 aromatic rings. The first-order chi connectivity index (χ1) is 8.79. The van der Waals surface area contributed by atoms with Crippen LogP contribution in [0.15, 0.2) is 41.8 Å². The van der Waals surface area contributed by atoms with Crippen molar-refractivity contribution >= 4 is 11.3 Å². The summed E-state index contributed by atoms with van der Waals surface area (Å²) in [5.41, 5.74) is 5.48. The minimum absolute atomic E-state index is 0.255. The second-order valence-corrected chi connectivity index (χ2v) is 5.63. The van der Waals surface area contributed by atoms with E-state index in [0.29, 0.717) is 0 Å². The number of benzene rings is 1. The number of hydrogen-bond donors (Lipinski definition) is 2. The number of nitrogens with one attached hydrogen (secondary N) is 1. The van der Waals surface area contributed by atoms with Crippen LogP contribution in [-0.2, 0) is 6.42 Å². The van der Waals surface area contributed by atoms with Crippen LogP contribution in [-0.4, -0.2) is 0 Å². The molecular formula is C15H20N2S. The third kappa shape index (κ3) is 3.67. The van der Waals surface area contributed by atoms with E-state index >= 15 is 0 Å². The van der Waals surface area contributed by atoms with Crippen LogP contribution in [0.3, 0.4) is 0 Å². The Hall–Kier alpha value is -1.16. The normalized spacial score (nSPS) is 12.6. The largest absolute Gasteiger partial charge is 0.271 e. The summed E-state index contributed by atoms with van der Waals surface area (Å²) < 4.78 is 0. The number of thiophene rings is 1. The Bertz CT molecular complexity index is 448. The Kier molecular flexibility index (Phi) is 4.93. The van der Waals surface area contributed by atoms with E-state index in [1.165, 1.54) is 16.0 Å². The molecule has 0 aliphatic carbocycles. The van der Waals surface area contributed by atoms with Gasteiger partial charge in [0.05, 0.1) is 0 Å². The van der Waals surface area contributed by atoms with Crippen LogP contribution in [0.4, 0.5) is 0 Å². The molecule has 1 atom stereocenters. The predicted molar refractivity (Wildman–Crippen MR) is 78.5 cm³/mol. The van der Waals surface area contributed by atoms with Crippen molar-refractivity contribution in [3.8, 4) is 0 Å². The second-order valence-electron chi connectivity index (χ2n) is 4.60. The molecule has 0 bridgehead atoms. The summed E-state index contributed by atoms with van der Waals surface area (Å²) in [6, 6.07) is 13.2. The molecule has 1 aromatic carbocycles. The first kappa shape index (κ1) is 13.3. The zero-order valence-electron chi connectivity index (χ0n) is 10.7. The smallest absolute Gasteiger partial charge is 0.0460 e. The lowest BCUT2D eigenvalue weighted by Gasteiger charge is -2.16. The first-order valence-corrected chi connectivity index (χ1v) is 7.22. The lowest BCUT2D eigenvalue weighted by molar-refractivity contribution is 0.499. The lowest BCUT2D eigenvalue weighted by atomic mass is 10.0. The maximum absolute atomic E-state index is 5.65. The topological polar surface area (TPSA) is 38.0 Å². The van der Waals surface area contributed by atoms with Gasteiger partial charge in [0.15, 0.2) is 0 Å². The van der Waals surface area contributed by atoms with Crippen molar-refractivity contribution in [2.24, 2.45) is 5.84 Å². The van der Waals surface area contributed by atoms with E-state index in [1.54, 1.807) is 0 Å². The number of hydrazine groups is 1. The summed E-state index contributed by atoms with van der Waals surface area (Å²) in [6.45, 7) is 2.10. The molecule has 0 amide bonds. The molecule has 1 heterocycles. The van der Waals surface area contributed by atoms with E-state index in [2.05, 4.69) is 54.1 Å². The van der Waals surface area contributed by atoms with E-state index in [4.69, 9.17) is 5.84 Å². The Morgan fingerprint density at radius 1 is 1.22 bits per heavy atom. The highest BCUT2D eigenvalue weighted by atomic mass is 32.1. The van der Waals surface area contributed by atoms with E-state index in [1.807, 2.05) is 11.3 Å². The molecule has 18 heavy (non-hydrogen) atoms. The molecule has 3 N–H and O–H groups in total. The Morgan fingerprint density at radius 3 is 2.61 bits per heavy atom. The summed E-state index contributed by atoms with van der Waals surface area (Å²) in [6.07, 6.45) is 3.36. The number of aryl methyl sites for hydroxylation is 2. The molecule has 0 aliphatic rings. The molecule has 2 nitrogen and oxygen atoms in total. The maximum Gasteiger partial charge on any atom is 0.0460 e. The predicted octanol–water partition coefficient (Wildman–Crippen LogP) is 3.58. The molecule has 0 spiro atoms. The van der Waals surface area contributed by atoms with Gasteiger partial charge in [0.25, 0.3) is 0 Å². The molecule has 0 radical (unpaired) electrons. The summed E-state index contributed by atoms with van der Waals surface area (Å²) in [5, 5.41) is 2.13. The van der Waals surface area contributed by atoms with Gasteiger partial charge in [0.2, 0.25) is 0 Å². The van der Waals surface area contributed by atoms with Gasteiger partial charge in [-0.25, -0.2) is 0 Å². The minimum atomic E-state index is 0.255. The van der Waals surface area contributed by atoms with Gasteiger partial charge < -0.3 is 0 Å². The van der Waals surface area contributed by atoms with Gasteiger partial charge in [0, 0.05) is 10.9 Å². The summed E-state index contributed by atoms with van der Waals surface area (Å²) >= 11 is 1.83. The highest BCUT2D eigenvalue weighted by molar-refractivity contribution is 7.09. The maximum atomic E-state index is 5.65. The Morgan fingerprint density at radius 2 is 2.00 bits per heavy atom. The summed E-state index contributed by atoms with van der Waals surface area (Å²) in [4.78, 5) is 1.45. The van der Waals surface area contributed by atoms with Crippen LogP contribution in [0.1, 0.15) is 34.9 Å². The molecule has 1 aromatic heterocycles. The Balaban J connectivity index is 1.87. The molecular weight excluding hydrogens is 240 g/mol. The van der Waals surface area contributed by atoms with Crippen LogP contribution in [0.2, 0.25) is 0 Å². The molecule has 3 heteroatoms. The summed E-state index contributed by atoms with van der Waals surface area (Å²) in [5.74, 6) is 5.65. The zero-order chi connectivity index (χ0) is 12.8. The molecule has 0 saturated heterocycles.